The molecule has 0 aromatic carbocycles. The molecule has 0 unspecified atom stereocenters. The summed E-state index contributed by atoms with van der Waals surface area (Å²) in [7, 11) is 0. The third kappa shape index (κ3) is 5.80. The lowest BCUT2D eigenvalue weighted by Crippen LogP contribution is -1.91. The smallest absolute Gasteiger partial charge is 0.198 e. The Kier molecular flexibility index (Phi) is 6.56. The molecule has 0 aromatic rings. The van der Waals surface area contributed by atoms with E-state index in [4.69, 9.17) is 0 Å². The Morgan fingerprint density at radius 3 is 2.60 bits per heavy atom. The zero-order chi connectivity index (χ0) is 7.82. The number of unbranched alkanes of at least 4 members (excludes halogenated alkanes) is 2. The van der Waals surface area contributed by atoms with E-state index in [0.29, 0.717) is 6.42 Å². The second-order valence-corrected chi connectivity index (χ2v) is 2.90. The molecule has 0 N–H and O–H groups in total. The second-order valence-electron chi connectivity index (χ2n) is 2.90. The van der Waals surface area contributed by atoms with Crippen molar-refractivity contribution in [2.75, 3.05) is 0 Å². The maximum atomic E-state index is 9.79. The minimum atomic E-state index is 0.621. The predicted octanol–water partition coefficient (Wildman–Crippen LogP) is 2.70. The lowest BCUT2D eigenvalue weighted by molar-refractivity contribution is 0.483. The quantitative estimate of drug-likeness (QED) is 0.520. The van der Waals surface area contributed by atoms with E-state index in [1.165, 1.54) is 19.3 Å². The van der Waals surface area contributed by atoms with Gasteiger partial charge in [0.2, 0.25) is 0 Å². The SMILES string of the molecule is CC[C@H](C)CCCC[C]=O. The fourth-order valence-electron chi connectivity index (χ4n) is 0.894. The first-order valence-electron chi connectivity index (χ1n) is 4.16. The van der Waals surface area contributed by atoms with Crippen LogP contribution >= 0.6 is 0 Å². The van der Waals surface area contributed by atoms with E-state index in [2.05, 4.69) is 13.8 Å². The van der Waals surface area contributed by atoms with Crippen LogP contribution in [0.25, 0.3) is 0 Å². The Bertz CT molecular complexity index is 78.8. The summed E-state index contributed by atoms with van der Waals surface area (Å²) >= 11 is 0. The van der Waals surface area contributed by atoms with Crippen LogP contribution in [0.1, 0.15) is 46.0 Å². The van der Waals surface area contributed by atoms with Crippen molar-refractivity contribution in [3.05, 3.63) is 0 Å². The lowest BCUT2D eigenvalue weighted by Gasteiger charge is -2.05. The van der Waals surface area contributed by atoms with Gasteiger partial charge in [0.15, 0.2) is 6.29 Å². The van der Waals surface area contributed by atoms with Gasteiger partial charge in [0, 0.05) is 6.42 Å². The van der Waals surface area contributed by atoms with Gasteiger partial charge in [-0.2, -0.15) is 0 Å². The number of rotatable bonds is 6. The fraction of sp³-hybridized carbons (Fsp3) is 0.889. The Morgan fingerprint density at radius 2 is 2.10 bits per heavy atom. The molecule has 0 rings (SSSR count). The molecule has 0 aromatic heterocycles. The molecule has 1 atom stereocenters. The molecule has 0 aliphatic heterocycles. The fourth-order valence-corrected chi connectivity index (χ4v) is 0.894. The highest BCUT2D eigenvalue weighted by molar-refractivity contribution is 5.50. The van der Waals surface area contributed by atoms with Gasteiger partial charge in [0.05, 0.1) is 0 Å². The van der Waals surface area contributed by atoms with E-state index in [-0.39, 0.29) is 0 Å². The van der Waals surface area contributed by atoms with Gasteiger partial charge in [-0.3, -0.25) is 4.79 Å². The molecule has 1 radical (unpaired) electrons. The van der Waals surface area contributed by atoms with E-state index in [1.807, 2.05) is 6.29 Å². The van der Waals surface area contributed by atoms with Crippen LogP contribution in [0.4, 0.5) is 0 Å². The largest absolute Gasteiger partial charge is 0.291 e. The summed E-state index contributed by atoms with van der Waals surface area (Å²) in [5, 5.41) is 0. The lowest BCUT2D eigenvalue weighted by atomic mass is 10.0. The van der Waals surface area contributed by atoms with Crippen LogP contribution in [0.2, 0.25) is 0 Å². The summed E-state index contributed by atoms with van der Waals surface area (Å²) in [6, 6.07) is 0. The van der Waals surface area contributed by atoms with Gasteiger partial charge >= 0.3 is 0 Å². The van der Waals surface area contributed by atoms with E-state index in [1.54, 1.807) is 0 Å². The van der Waals surface area contributed by atoms with Crippen molar-refractivity contribution < 1.29 is 4.79 Å². The summed E-state index contributed by atoms with van der Waals surface area (Å²) in [6.07, 6.45) is 7.25. The number of hydrogen-bond acceptors (Lipinski definition) is 1. The van der Waals surface area contributed by atoms with Gasteiger partial charge in [-0.1, -0.05) is 33.1 Å². The predicted molar refractivity (Wildman–Crippen MR) is 43.6 cm³/mol. The van der Waals surface area contributed by atoms with Crippen molar-refractivity contribution in [1.29, 1.82) is 0 Å². The molecule has 10 heavy (non-hydrogen) atoms. The van der Waals surface area contributed by atoms with Crippen molar-refractivity contribution >= 4 is 6.29 Å². The summed E-state index contributed by atoms with van der Waals surface area (Å²) < 4.78 is 0. The molecule has 0 spiro atoms. The monoisotopic (exact) mass is 141 g/mol. The third-order valence-electron chi connectivity index (χ3n) is 1.92. The van der Waals surface area contributed by atoms with Gasteiger partial charge in [-0.05, 0) is 12.3 Å². The van der Waals surface area contributed by atoms with Gasteiger partial charge in [0.1, 0.15) is 0 Å². The van der Waals surface area contributed by atoms with E-state index < -0.39 is 0 Å². The topological polar surface area (TPSA) is 17.1 Å². The maximum Gasteiger partial charge on any atom is 0.198 e. The average molecular weight is 141 g/mol. The molecule has 0 heterocycles. The molecule has 59 valence electrons. The van der Waals surface area contributed by atoms with Crippen molar-refractivity contribution in [3.8, 4) is 0 Å². The molecule has 0 aliphatic rings. The van der Waals surface area contributed by atoms with Crippen molar-refractivity contribution in [3.63, 3.8) is 0 Å². The number of carbonyl (C=O) groups excluding carboxylic acids is 1. The molecule has 1 heteroatoms. The minimum Gasteiger partial charge on any atom is -0.291 e. The molecule has 0 aliphatic carbocycles. The molecule has 0 amide bonds. The number of hydrogen-bond donors (Lipinski definition) is 0. The summed E-state index contributed by atoms with van der Waals surface area (Å²) in [5.41, 5.74) is 0. The van der Waals surface area contributed by atoms with E-state index >= 15 is 0 Å². The van der Waals surface area contributed by atoms with Crippen LogP contribution < -0.4 is 0 Å². The normalized spacial score (nSPS) is 13.0. The Balaban J connectivity index is 2.95. The highest BCUT2D eigenvalue weighted by Gasteiger charge is 1.96. The van der Waals surface area contributed by atoms with Gasteiger partial charge in [-0.15, -0.1) is 0 Å². The summed E-state index contributed by atoms with van der Waals surface area (Å²) in [4.78, 5) is 9.79. The van der Waals surface area contributed by atoms with Crippen LogP contribution in [0.15, 0.2) is 0 Å². The first kappa shape index (κ1) is 9.67. The Morgan fingerprint density at radius 1 is 1.40 bits per heavy atom. The second kappa shape index (κ2) is 6.79. The molecular formula is C9H17O. The van der Waals surface area contributed by atoms with Crippen LogP contribution in [-0.4, -0.2) is 6.29 Å². The Hall–Kier alpha value is -0.330. The van der Waals surface area contributed by atoms with Crippen molar-refractivity contribution in [1.82, 2.24) is 0 Å². The first-order valence-corrected chi connectivity index (χ1v) is 4.16. The molecule has 0 bridgehead atoms. The minimum absolute atomic E-state index is 0.621. The van der Waals surface area contributed by atoms with Gasteiger partial charge in [0.25, 0.3) is 0 Å². The maximum absolute atomic E-state index is 9.79. The van der Waals surface area contributed by atoms with Crippen molar-refractivity contribution in [2.24, 2.45) is 5.92 Å². The molecule has 0 fully saturated rings. The van der Waals surface area contributed by atoms with Crippen LogP contribution in [0, 0.1) is 5.92 Å². The highest BCUT2D eigenvalue weighted by atomic mass is 16.1. The molecule has 1 nitrogen and oxygen atoms in total. The summed E-state index contributed by atoms with van der Waals surface area (Å²) in [5.74, 6) is 0.826. The first-order chi connectivity index (χ1) is 4.81. The molecule has 0 saturated heterocycles. The zero-order valence-corrected chi connectivity index (χ0v) is 7.02. The van der Waals surface area contributed by atoms with E-state index in [0.717, 1.165) is 12.3 Å². The van der Waals surface area contributed by atoms with Crippen LogP contribution in [0.3, 0.4) is 0 Å². The van der Waals surface area contributed by atoms with Crippen molar-refractivity contribution in [2.45, 2.75) is 46.0 Å². The average Bonchev–Trinajstić information content (AvgIpc) is 1.98. The van der Waals surface area contributed by atoms with E-state index in [9.17, 15) is 4.79 Å². The standard InChI is InChI=1S/C9H17O/c1-3-9(2)7-5-4-6-8-10/h9H,3-7H2,1-2H3/t9-/m0/s1. The van der Waals surface area contributed by atoms with Gasteiger partial charge in [-0.25, -0.2) is 0 Å². The molecule has 0 saturated carbocycles. The zero-order valence-electron chi connectivity index (χ0n) is 7.02. The highest BCUT2D eigenvalue weighted by Crippen LogP contribution is 2.11. The third-order valence-corrected chi connectivity index (χ3v) is 1.92. The Labute approximate surface area is 63.8 Å². The van der Waals surface area contributed by atoms with Crippen LogP contribution in [-0.2, 0) is 4.79 Å². The molecular weight excluding hydrogens is 124 g/mol. The van der Waals surface area contributed by atoms with Crippen LogP contribution in [0.5, 0.6) is 0 Å². The summed E-state index contributed by atoms with van der Waals surface area (Å²) in [6.45, 7) is 4.46. The van der Waals surface area contributed by atoms with Gasteiger partial charge < -0.3 is 0 Å².